The number of quaternary nitrogens is 1. The van der Waals surface area contributed by atoms with E-state index in [2.05, 4.69) is 16.0 Å². The molecule has 2 rings (SSSR count). The van der Waals surface area contributed by atoms with Gasteiger partial charge < -0.3 is 0 Å². The Morgan fingerprint density at radius 3 is 2.50 bits per heavy atom. The van der Waals surface area contributed by atoms with Crippen molar-refractivity contribution in [1.29, 1.82) is 0 Å². The first-order valence-corrected chi connectivity index (χ1v) is 9.14. The van der Waals surface area contributed by atoms with Gasteiger partial charge in [0.25, 0.3) is 5.69 Å². The molecule has 1 saturated carbocycles. The quantitative estimate of drug-likeness (QED) is 0.244. The second kappa shape index (κ2) is 9.36. The van der Waals surface area contributed by atoms with Crippen LogP contribution in [0.5, 0.6) is 0 Å². The second-order valence-corrected chi connectivity index (χ2v) is 7.27. The van der Waals surface area contributed by atoms with Gasteiger partial charge in [0, 0.05) is 18.6 Å². The van der Waals surface area contributed by atoms with Gasteiger partial charge in [-0.1, -0.05) is 19.3 Å². The van der Waals surface area contributed by atoms with E-state index in [1.165, 1.54) is 43.5 Å². The molecule has 1 aromatic rings. The Morgan fingerprint density at radius 1 is 1.23 bits per heavy atom. The molecule has 1 fully saturated rings. The number of nitro benzene ring substituents is 1. The summed E-state index contributed by atoms with van der Waals surface area (Å²) in [4.78, 5) is 31.4. The Morgan fingerprint density at radius 2 is 1.88 bits per heavy atom. The van der Waals surface area contributed by atoms with Crippen LogP contribution in [0.1, 0.15) is 48.9 Å². The summed E-state index contributed by atoms with van der Waals surface area (Å²) in [6, 6.07) is 8.93. The minimum absolute atomic E-state index is 0.0153. The first-order valence-electron chi connectivity index (χ1n) is 9.14. The van der Waals surface area contributed by atoms with Crippen LogP contribution < -0.4 is 0 Å². The standard InChI is InChI=1S/C19H27N4O3/c1-23(2,19(24)16-9-11-18(12-10-16)22(25)26)14-6-13-20-15-21-17-7-4-3-5-8-17/h9-12,17H,3-8,13-14H2,1-2H3/q+1. The molecule has 26 heavy (non-hydrogen) atoms. The van der Waals surface area contributed by atoms with Crippen molar-refractivity contribution >= 4 is 17.6 Å². The predicted octanol–water partition coefficient (Wildman–Crippen LogP) is 3.71. The zero-order valence-corrected chi connectivity index (χ0v) is 15.6. The van der Waals surface area contributed by atoms with Crippen LogP contribution in [0.15, 0.2) is 34.3 Å². The van der Waals surface area contributed by atoms with Gasteiger partial charge in [-0.2, -0.15) is 0 Å². The van der Waals surface area contributed by atoms with E-state index in [1.807, 2.05) is 14.1 Å². The fourth-order valence-electron chi connectivity index (χ4n) is 3.10. The van der Waals surface area contributed by atoms with Crippen molar-refractivity contribution in [3.63, 3.8) is 0 Å². The average Bonchev–Trinajstić information content (AvgIpc) is 2.64. The summed E-state index contributed by atoms with van der Waals surface area (Å²) in [5.74, 6) is -0.0697. The first kappa shape index (κ1) is 19.9. The number of nitrogens with zero attached hydrogens (tertiary/aromatic N) is 4. The zero-order chi connectivity index (χ0) is 19.0. The number of nitro groups is 1. The van der Waals surface area contributed by atoms with Crippen LogP contribution in [-0.4, -0.2) is 54.5 Å². The van der Waals surface area contributed by atoms with Crippen molar-refractivity contribution in [2.24, 2.45) is 9.98 Å². The maximum absolute atomic E-state index is 12.6. The minimum atomic E-state index is -0.471. The van der Waals surface area contributed by atoms with E-state index in [0.29, 0.717) is 24.7 Å². The van der Waals surface area contributed by atoms with Gasteiger partial charge in [0.15, 0.2) is 0 Å². The molecule has 0 N–H and O–H groups in total. The number of aliphatic imine (C=N–C) groups is 2. The lowest BCUT2D eigenvalue weighted by molar-refractivity contribution is -0.807. The fraction of sp³-hybridized carbons (Fsp3) is 0.579. The normalized spacial score (nSPS) is 15.2. The van der Waals surface area contributed by atoms with Crippen molar-refractivity contribution < 1.29 is 14.2 Å². The summed E-state index contributed by atoms with van der Waals surface area (Å²) in [6.07, 6.45) is 6.81. The maximum atomic E-state index is 12.6. The SMILES string of the molecule is C[N+](C)(CCCN=C=NC1CCCCC1)C(=O)c1ccc([N+](=O)[O-])cc1. The van der Waals surface area contributed by atoms with Gasteiger partial charge in [0.05, 0.1) is 49.7 Å². The number of hydrogen-bond acceptors (Lipinski definition) is 5. The Kier molecular flexibility index (Phi) is 7.18. The molecule has 0 radical (unpaired) electrons. The molecule has 0 spiro atoms. The van der Waals surface area contributed by atoms with Gasteiger partial charge in [-0.05, 0) is 25.0 Å². The molecule has 1 aliphatic rings. The van der Waals surface area contributed by atoms with Crippen LogP contribution in [0.3, 0.4) is 0 Å². The Bertz CT molecular complexity index is 685. The van der Waals surface area contributed by atoms with Gasteiger partial charge in [0.2, 0.25) is 0 Å². The largest absolute Gasteiger partial charge is 0.345 e. The summed E-state index contributed by atoms with van der Waals surface area (Å²) in [5, 5.41) is 10.7. The van der Waals surface area contributed by atoms with Crippen molar-refractivity contribution in [2.75, 3.05) is 27.2 Å². The lowest BCUT2D eigenvalue weighted by atomic mass is 9.96. The summed E-state index contributed by atoms with van der Waals surface area (Å²) >= 11 is 0. The molecular formula is C19H27N4O3+. The molecule has 0 saturated heterocycles. The molecule has 140 valence electrons. The van der Waals surface area contributed by atoms with Crippen LogP contribution in [0.4, 0.5) is 5.69 Å². The van der Waals surface area contributed by atoms with Crippen molar-refractivity contribution in [3.05, 3.63) is 39.9 Å². The number of carbonyl (C=O) groups excluding carboxylic acids is 1. The first-order chi connectivity index (χ1) is 12.4. The molecule has 1 amide bonds. The van der Waals surface area contributed by atoms with Gasteiger partial charge >= 0.3 is 5.91 Å². The minimum Gasteiger partial charge on any atom is -0.261 e. The van der Waals surface area contributed by atoms with E-state index in [0.717, 1.165) is 19.3 Å². The molecule has 0 unspecified atom stereocenters. The Hall–Kier alpha value is -2.37. The van der Waals surface area contributed by atoms with Crippen molar-refractivity contribution in [1.82, 2.24) is 0 Å². The monoisotopic (exact) mass is 359 g/mol. The number of hydrogen-bond donors (Lipinski definition) is 0. The number of carbonyl (C=O) groups is 1. The third kappa shape index (κ3) is 5.86. The summed E-state index contributed by atoms with van der Waals surface area (Å²) < 4.78 is 0.174. The molecular weight excluding hydrogens is 332 g/mol. The van der Waals surface area contributed by atoms with E-state index in [4.69, 9.17) is 0 Å². The number of amides is 1. The molecule has 0 aromatic heterocycles. The molecule has 0 heterocycles. The molecule has 1 aromatic carbocycles. The van der Waals surface area contributed by atoms with Crippen LogP contribution in [0.25, 0.3) is 0 Å². The summed E-state index contributed by atoms with van der Waals surface area (Å²) in [5.41, 5.74) is 0.460. The second-order valence-electron chi connectivity index (χ2n) is 7.27. The van der Waals surface area contributed by atoms with Gasteiger partial charge in [-0.3, -0.25) is 14.6 Å². The van der Waals surface area contributed by atoms with Gasteiger partial charge in [0.1, 0.15) is 0 Å². The number of rotatable bonds is 7. The molecule has 0 atom stereocenters. The molecule has 0 aliphatic heterocycles. The molecule has 7 heteroatoms. The number of benzene rings is 1. The smallest absolute Gasteiger partial charge is 0.261 e. The van der Waals surface area contributed by atoms with E-state index in [9.17, 15) is 14.9 Å². The third-order valence-corrected chi connectivity index (χ3v) is 4.75. The molecule has 0 bridgehead atoms. The lowest BCUT2D eigenvalue weighted by Crippen LogP contribution is -2.46. The Balaban J connectivity index is 1.82. The molecule has 7 nitrogen and oxygen atoms in total. The van der Waals surface area contributed by atoms with Crippen LogP contribution in [0, 0.1) is 10.1 Å². The number of non-ortho nitro benzene ring substituents is 1. The highest BCUT2D eigenvalue weighted by molar-refractivity contribution is 5.89. The van der Waals surface area contributed by atoms with Crippen LogP contribution in [-0.2, 0) is 0 Å². The Labute approximate surface area is 154 Å². The lowest BCUT2D eigenvalue weighted by Gasteiger charge is -2.26. The van der Waals surface area contributed by atoms with Gasteiger partial charge in [-0.15, -0.1) is 0 Å². The fourth-order valence-corrected chi connectivity index (χ4v) is 3.10. The van der Waals surface area contributed by atoms with E-state index < -0.39 is 4.92 Å². The van der Waals surface area contributed by atoms with E-state index in [1.54, 1.807) is 0 Å². The van der Waals surface area contributed by atoms with Crippen LogP contribution in [0.2, 0.25) is 0 Å². The third-order valence-electron chi connectivity index (χ3n) is 4.75. The topological polar surface area (TPSA) is 84.9 Å². The highest BCUT2D eigenvalue weighted by atomic mass is 16.6. The van der Waals surface area contributed by atoms with E-state index >= 15 is 0 Å². The van der Waals surface area contributed by atoms with Crippen molar-refractivity contribution in [2.45, 2.75) is 44.6 Å². The maximum Gasteiger partial charge on any atom is 0.345 e. The predicted molar refractivity (Wildman–Crippen MR) is 101 cm³/mol. The van der Waals surface area contributed by atoms with Crippen LogP contribution >= 0.6 is 0 Å². The highest BCUT2D eigenvalue weighted by Crippen LogP contribution is 2.19. The summed E-state index contributed by atoms with van der Waals surface area (Å²) in [6.45, 7) is 1.22. The van der Waals surface area contributed by atoms with Gasteiger partial charge in [-0.25, -0.2) is 14.8 Å². The van der Waals surface area contributed by atoms with Crippen molar-refractivity contribution in [3.8, 4) is 0 Å². The summed E-state index contributed by atoms with van der Waals surface area (Å²) in [7, 11) is 3.67. The highest BCUT2D eigenvalue weighted by Gasteiger charge is 2.27. The zero-order valence-electron chi connectivity index (χ0n) is 15.6. The molecule has 1 aliphatic carbocycles. The average molecular weight is 359 g/mol. The van der Waals surface area contributed by atoms with E-state index in [-0.39, 0.29) is 16.1 Å².